The van der Waals surface area contributed by atoms with Crippen molar-refractivity contribution in [3.05, 3.63) is 65.7 Å². The fourth-order valence-corrected chi connectivity index (χ4v) is 3.12. The fraction of sp³-hybridized carbons (Fsp3) is 0.350. The van der Waals surface area contributed by atoms with Crippen LogP contribution < -0.4 is 9.64 Å². The summed E-state index contributed by atoms with van der Waals surface area (Å²) in [6, 6.07) is 17.9. The molecule has 2 aromatic rings. The van der Waals surface area contributed by atoms with Crippen LogP contribution in [0.15, 0.2) is 54.6 Å². The minimum absolute atomic E-state index is 0.149. The lowest BCUT2D eigenvalue weighted by Gasteiger charge is -2.32. The van der Waals surface area contributed by atoms with Gasteiger partial charge in [-0.1, -0.05) is 18.2 Å². The van der Waals surface area contributed by atoms with E-state index in [9.17, 15) is 4.79 Å². The molecule has 0 aliphatic carbocycles. The van der Waals surface area contributed by atoms with Gasteiger partial charge in [-0.3, -0.25) is 4.79 Å². The lowest BCUT2D eigenvalue weighted by atomic mass is 10.1. The second kappa shape index (κ2) is 7.97. The Morgan fingerprint density at radius 2 is 1.71 bits per heavy atom. The van der Waals surface area contributed by atoms with Gasteiger partial charge in [0.25, 0.3) is 5.91 Å². The zero-order valence-electron chi connectivity index (χ0n) is 14.2. The number of ether oxygens (including phenoxy) is 1. The van der Waals surface area contributed by atoms with Crippen molar-refractivity contribution in [2.75, 3.05) is 32.8 Å². The quantitative estimate of drug-likeness (QED) is 0.906. The topological polar surface area (TPSA) is 34.0 Å². The molecule has 0 spiro atoms. The summed E-state index contributed by atoms with van der Waals surface area (Å²) in [6.45, 7) is 7.31. The van der Waals surface area contributed by atoms with Crippen molar-refractivity contribution in [1.82, 2.24) is 4.90 Å². The lowest BCUT2D eigenvalue weighted by Crippen LogP contribution is -3.13. The van der Waals surface area contributed by atoms with Crippen LogP contribution in [-0.4, -0.2) is 43.6 Å². The van der Waals surface area contributed by atoms with Gasteiger partial charge in [-0.05, 0) is 43.3 Å². The molecule has 1 aliphatic heterocycles. The number of hydrogen-bond acceptors (Lipinski definition) is 2. The van der Waals surface area contributed by atoms with Gasteiger partial charge in [-0.25, -0.2) is 0 Å². The standard InChI is InChI=1S/C20H24N2O2/c1-2-24-19-10-8-17(9-11-19)16-21-12-14-22(15-13-21)20(23)18-6-4-3-5-7-18/h3-11H,2,12-16H2,1H3/p+1. The minimum atomic E-state index is 0.149. The van der Waals surface area contributed by atoms with Crippen LogP contribution in [0.2, 0.25) is 0 Å². The van der Waals surface area contributed by atoms with E-state index in [1.165, 1.54) is 10.5 Å². The molecular weight excluding hydrogens is 300 g/mol. The molecule has 0 radical (unpaired) electrons. The second-order valence-corrected chi connectivity index (χ2v) is 6.16. The average Bonchev–Trinajstić information content (AvgIpc) is 2.64. The number of nitrogens with one attached hydrogen (secondary N) is 1. The van der Waals surface area contributed by atoms with E-state index in [1.54, 1.807) is 0 Å². The third kappa shape index (κ3) is 4.15. The van der Waals surface area contributed by atoms with E-state index >= 15 is 0 Å². The summed E-state index contributed by atoms with van der Waals surface area (Å²) in [4.78, 5) is 16.0. The SMILES string of the molecule is CCOc1ccc(C[NH+]2CCN(C(=O)c3ccccc3)CC2)cc1. The van der Waals surface area contributed by atoms with Gasteiger partial charge in [0.15, 0.2) is 0 Å². The van der Waals surface area contributed by atoms with Crippen LogP contribution in [0.5, 0.6) is 5.75 Å². The van der Waals surface area contributed by atoms with E-state index in [0.717, 1.165) is 44.0 Å². The Hall–Kier alpha value is -2.33. The van der Waals surface area contributed by atoms with Gasteiger partial charge in [0.05, 0.1) is 32.8 Å². The molecule has 0 bridgehead atoms. The molecule has 4 heteroatoms. The number of quaternary nitrogens is 1. The summed E-state index contributed by atoms with van der Waals surface area (Å²) in [5.41, 5.74) is 2.10. The van der Waals surface area contributed by atoms with E-state index in [0.29, 0.717) is 6.61 Å². The molecule has 2 aromatic carbocycles. The molecule has 24 heavy (non-hydrogen) atoms. The summed E-state index contributed by atoms with van der Waals surface area (Å²) in [6.07, 6.45) is 0. The highest BCUT2D eigenvalue weighted by Gasteiger charge is 2.24. The van der Waals surface area contributed by atoms with Gasteiger partial charge < -0.3 is 14.5 Å². The molecular formula is C20H25N2O2+. The highest BCUT2D eigenvalue weighted by molar-refractivity contribution is 5.94. The summed E-state index contributed by atoms with van der Waals surface area (Å²) in [7, 11) is 0. The van der Waals surface area contributed by atoms with E-state index < -0.39 is 0 Å². The molecule has 0 saturated carbocycles. The van der Waals surface area contributed by atoms with Crippen LogP contribution in [0.4, 0.5) is 0 Å². The monoisotopic (exact) mass is 325 g/mol. The van der Waals surface area contributed by atoms with Crippen LogP contribution in [0, 0.1) is 0 Å². The Morgan fingerprint density at radius 1 is 1.04 bits per heavy atom. The van der Waals surface area contributed by atoms with Crippen molar-refractivity contribution in [3.8, 4) is 5.75 Å². The van der Waals surface area contributed by atoms with E-state index in [1.807, 2.05) is 54.3 Å². The van der Waals surface area contributed by atoms with Crippen LogP contribution in [0.25, 0.3) is 0 Å². The first kappa shape index (κ1) is 16.5. The molecule has 1 fully saturated rings. The van der Waals surface area contributed by atoms with E-state index in [2.05, 4.69) is 12.1 Å². The maximum absolute atomic E-state index is 12.5. The molecule has 1 amide bonds. The smallest absolute Gasteiger partial charge is 0.254 e. The molecule has 3 rings (SSSR count). The van der Waals surface area contributed by atoms with Gasteiger partial charge >= 0.3 is 0 Å². The van der Waals surface area contributed by atoms with Gasteiger partial charge in [-0.15, -0.1) is 0 Å². The molecule has 1 aliphatic rings. The summed E-state index contributed by atoms with van der Waals surface area (Å²) < 4.78 is 5.48. The number of rotatable bonds is 5. The first-order chi connectivity index (χ1) is 11.8. The Bertz CT molecular complexity index is 647. The van der Waals surface area contributed by atoms with Crippen LogP contribution in [-0.2, 0) is 6.54 Å². The molecule has 1 saturated heterocycles. The van der Waals surface area contributed by atoms with Gasteiger partial charge in [0.1, 0.15) is 12.3 Å². The number of nitrogens with zero attached hydrogens (tertiary/aromatic N) is 1. The fourth-order valence-electron chi connectivity index (χ4n) is 3.12. The molecule has 0 atom stereocenters. The highest BCUT2D eigenvalue weighted by atomic mass is 16.5. The summed E-state index contributed by atoms with van der Waals surface area (Å²) >= 11 is 0. The zero-order valence-corrected chi connectivity index (χ0v) is 14.2. The average molecular weight is 325 g/mol. The first-order valence-corrected chi connectivity index (χ1v) is 8.66. The molecule has 1 N–H and O–H groups in total. The van der Waals surface area contributed by atoms with Crippen molar-refractivity contribution in [2.24, 2.45) is 0 Å². The predicted molar refractivity (Wildman–Crippen MR) is 94.4 cm³/mol. The highest BCUT2D eigenvalue weighted by Crippen LogP contribution is 2.11. The largest absolute Gasteiger partial charge is 0.494 e. The van der Waals surface area contributed by atoms with Crippen molar-refractivity contribution in [2.45, 2.75) is 13.5 Å². The molecule has 0 aromatic heterocycles. The normalized spacial score (nSPS) is 15.3. The lowest BCUT2D eigenvalue weighted by molar-refractivity contribution is -0.917. The molecule has 4 nitrogen and oxygen atoms in total. The second-order valence-electron chi connectivity index (χ2n) is 6.16. The number of hydrogen-bond donors (Lipinski definition) is 1. The number of carbonyl (C=O) groups is 1. The van der Waals surface area contributed by atoms with Crippen LogP contribution in [0.1, 0.15) is 22.8 Å². The number of amides is 1. The summed E-state index contributed by atoms with van der Waals surface area (Å²) in [5, 5.41) is 0. The van der Waals surface area contributed by atoms with Crippen molar-refractivity contribution in [1.29, 1.82) is 0 Å². The Kier molecular flexibility index (Phi) is 5.49. The molecule has 0 unspecified atom stereocenters. The Labute approximate surface area is 143 Å². The maximum atomic E-state index is 12.5. The number of piperazine rings is 1. The third-order valence-corrected chi connectivity index (χ3v) is 4.47. The van der Waals surface area contributed by atoms with Gasteiger partial charge in [0, 0.05) is 11.1 Å². The summed E-state index contributed by atoms with van der Waals surface area (Å²) in [5.74, 6) is 1.07. The van der Waals surface area contributed by atoms with Crippen molar-refractivity contribution >= 4 is 5.91 Å². The van der Waals surface area contributed by atoms with Crippen LogP contribution >= 0.6 is 0 Å². The van der Waals surface area contributed by atoms with E-state index in [4.69, 9.17) is 4.74 Å². The molecule has 1 heterocycles. The Balaban J connectivity index is 1.51. The van der Waals surface area contributed by atoms with Crippen molar-refractivity contribution in [3.63, 3.8) is 0 Å². The predicted octanol–water partition coefficient (Wildman–Crippen LogP) is 1.63. The minimum Gasteiger partial charge on any atom is -0.494 e. The van der Waals surface area contributed by atoms with Crippen molar-refractivity contribution < 1.29 is 14.4 Å². The first-order valence-electron chi connectivity index (χ1n) is 8.66. The Morgan fingerprint density at radius 3 is 2.33 bits per heavy atom. The third-order valence-electron chi connectivity index (χ3n) is 4.47. The number of benzene rings is 2. The van der Waals surface area contributed by atoms with Crippen LogP contribution in [0.3, 0.4) is 0 Å². The molecule has 126 valence electrons. The maximum Gasteiger partial charge on any atom is 0.254 e. The van der Waals surface area contributed by atoms with Gasteiger partial charge in [0.2, 0.25) is 0 Å². The van der Waals surface area contributed by atoms with Gasteiger partial charge in [-0.2, -0.15) is 0 Å². The zero-order chi connectivity index (χ0) is 16.8. The number of carbonyl (C=O) groups excluding carboxylic acids is 1. The van der Waals surface area contributed by atoms with E-state index in [-0.39, 0.29) is 5.91 Å².